The largest absolute Gasteiger partial charge is 0.396 e. The minimum absolute atomic E-state index is 0.0785. The van der Waals surface area contributed by atoms with Crippen LogP contribution in [0, 0.1) is 0 Å². The SMILES string of the molecule is O=C(CCO)NCCc1cccs1. The van der Waals surface area contributed by atoms with E-state index in [1.54, 1.807) is 11.3 Å². The van der Waals surface area contributed by atoms with Gasteiger partial charge in [0.15, 0.2) is 0 Å². The average Bonchev–Trinajstić information content (AvgIpc) is 2.57. The van der Waals surface area contributed by atoms with Gasteiger partial charge in [-0.3, -0.25) is 4.79 Å². The third-order valence-corrected chi connectivity index (χ3v) is 2.55. The van der Waals surface area contributed by atoms with E-state index in [1.807, 2.05) is 17.5 Å². The van der Waals surface area contributed by atoms with Gasteiger partial charge in [0.05, 0.1) is 6.61 Å². The molecule has 0 saturated carbocycles. The highest BCUT2D eigenvalue weighted by molar-refractivity contribution is 7.09. The molecule has 0 saturated heterocycles. The van der Waals surface area contributed by atoms with Crippen LogP contribution in [0.4, 0.5) is 0 Å². The molecule has 72 valence electrons. The van der Waals surface area contributed by atoms with Crippen LogP contribution in [-0.4, -0.2) is 24.2 Å². The molecule has 0 aliphatic heterocycles. The molecule has 0 bridgehead atoms. The smallest absolute Gasteiger partial charge is 0.222 e. The van der Waals surface area contributed by atoms with Gasteiger partial charge in [-0.2, -0.15) is 0 Å². The second kappa shape index (κ2) is 5.72. The number of hydrogen-bond donors (Lipinski definition) is 2. The fraction of sp³-hybridized carbons (Fsp3) is 0.444. The summed E-state index contributed by atoms with van der Waals surface area (Å²) >= 11 is 1.69. The summed E-state index contributed by atoms with van der Waals surface area (Å²) in [6.45, 7) is 0.574. The molecular weight excluding hydrogens is 186 g/mol. The number of aliphatic hydroxyl groups excluding tert-OH is 1. The van der Waals surface area contributed by atoms with Gasteiger partial charge in [-0.25, -0.2) is 0 Å². The lowest BCUT2D eigenvalue weighted by Gasteiger charge is -2.01. The lowest BCUT2D eigenvalue weighted by atomic mass is 10.3. The van der Waals surface area contributed by atoms with Crippen molar-refractivity contribution < 1.29 is 9.90 Å². The Kier molecular flexibility index (Phi) is 4.49. The zero-order chi connectivity index (χ0) is 9.52. The monoisotopic (exact) mass is 199 g/mol. The van der Waals surface area contributed by atoms with E-state index in [4.69, 9.17) is 5.11 Å². The zero-order valence-electron chi connectivity index (χ0n) is 7.32. The van der Waals surface area contributed by atoms with Gasteiger partial charge >= 0.3 is 0 Å². The summed E-state index contributed by atoms with van der Waals surface area (Å²) in [5.74, 6) is -0.0842. The van der Waals surface area contributed by atoms with Crippen molar-refractivity contribution in [3.8, 4) is 0 Å². The molecule has 0 radical (unpaired) electrons. The van der Waals surface area contributed by atoms with Crippen molar-refractivity contribution >= 4 is 17.2 Å². The molecule has 1 amide bonds. The second-order valence-corrected chi connectivity index (χ2v) is 3.69. The molecule has 0 aliphatic carbocycles. The molecule has 0 aliphatic rings. The molecule has 13 heavy (non-hydrogen) atoms. The summed E-state index contributed by atoms with van der Waals surface area (Å²) in [6, 6.07) is 4.04. The van der Waals surface area contributed by atoms with Crippen LogP contribution in [0.2, 0.25) is 0 Å². The quantitative estimate of drug-likeness (QED) is 0.736. The van der Waals surface area contributed by atoms with Crippen LogP contribution in [0.5, 0.6) is 0 Å². The number of amides is 1. The van der Waals surface area contributed by atoms with Crippen molar-refractivity contribution in [1.29, 1.82) is 0 Å². The Hall–Kier alpha value is -0.870. The molecule has 0 fully saturated rings. The number of hydrogen-bond acceptors (Lipinski definition) is 3. The lowest BCUT2D eigenvalue weighted by molar-refractivity contribution is -0.121. The van der Waals surface area contributed by atoms with Gasteiger partial charge in [0.25, 0.3) is 0 Å². The van der Waals surface area contributed by atoms with Crippen LogP contribution >= 0.6 is 11.3 Å². The van der Waals surface area contributed by atoms with E-state index in [0.29, 0.717) is 6.54 Å². The van der Waals surface area contributed by atoms with E-state index in [0.717, 1.165) is 6.42 Å². The summed E-state index contributed by atoms with van der Waals surface area (Å²) in [7, 11) is 0. The van der Waals surface area contributed by atoms with E-state index in [9.17, 15) is 4.79 Å². The molecule has 1 rings (SSSR count). The number of aliphatic hydroxyl groups is 1. The van der Waals surface area contributed by atoms with Gasteiger partial charge in [-0.05, 0) is 17.9 Å². The van der Waals surface area contributed by atoms with E-state index >= 15 is 0 Å². The fourth-order valence-corrected chi connectivity index (χ4v) is 1.68. The zero-order valence-corrected chi connectivity index (χ0v) is 8.14. The summed E-state index contributed by atoms with van der Waals surface area (Å²) in [5, 5.41) is 13.2. The molecule has 4 heteroatoms. The number of carbonyl (C=O) groups excluding carboxylic acids is 1. The lowest BCUT2D eigenvalue weighted by Crippen LogP contribution is -2.25. The molecule has 2 N–H and O–H groups in total. The average molecular weight is 199 g/mol. The van der Waals surface area contributed by atoms with Crippen molar-refractivity contribution in [1.82, 2.24) is 5.32 Å². The van der Waals surface area contributed by atoms with Crippen LogP contribution in [0.1, 0.15) is 11.3 Å². The Bertz CT molecular complexity index is 246. The number of nitrogens with one attached hydrogen (secondary N) is 1. The predicted molar refractivity (Wildman–Crippen MR) is 52.7 cm³/mol. The van der Waals surface area contributed by atoms with Crippen molar-refractivity contribution in [2.45, 2.75) is 12.8 Å². The Labute approximate surface area is 81.4 Å². The van der Waals surface area contributed by atoms with Crippen LogP contribution < -0.4 is 5.32 Å². The van der Waals surface area contributed by atoms with Crippen molar-refractivity contribution in [2.75, 3.05) is 13.2 Å². The molecule has 1 heterocycles. The molecular formula is C9H13NO2S. The van der Waals surface area contributed by atoms with Gasteiger partial charge in [-0.1, -0.05) is 6.07 Å². The topological polar surface area (TPSA) is 49.3 Å². The first kappa shape index (κ1) is 10.2. The molecule has 0 aromatic carbocycles. The molecule has 0 unspecified atom stereocenters. The van der Waals surface area contributed by atoms with Gasteiger partial charge in [-0.15, -0.1) is 11.3 Å². The highest BCUT2D eigenvalue weighted by Gasteiger charge is 1.99. The number of rotatable bonds is 5. The fourth-order valence-electron chi connectivity index (χ4n) is 0.970. The van der Waals surface area contributed by atoms with Crippen LogP contribution in [-0.2, 0) is 11.2 Å². The minimum Gasteiger partial charge on any atom is -0.396 e. The first-order chi connectivity index (χ1) is 6.33. The van der Waals surface area contributed by atoms with Crippen molar-refractivity contribution in [3.05, 3.63) is 22.4 Å². The van der Waals surface area contributed by atoms with Gasteiger partial charge in [0.2, 0.25) is 5.91 Å². The molecule has 0 atom stereocenters. The highest BCUT2D eigenvalue weighted by atomic mass is 32.1. The first-order valence-electron chi connectivity index (χ1n) is 4.23. The molecule has 1 aromatic heterocycles. The normalized spacial score (nSPS) is 9.92. The number of carbonyl (C=O) groups is 1. The Morgan fingerprint density at radius 2 is 2.46 bits per heavy atom. The van der Waals surface area contributed by atoms with Gasteiger partial charge in [0.1, 0.15) is 0 Å². The maximum absolute atomic E-state index is 10.9. The van der Waals surface area contributed by atoms with E-state index < -0.39 is 0 Å². The standard InChI is InChI=1S/C9H13NO2S/c11-6-4-9(12)10-5-3-8-2-1-7-13-8/h1-2,7,11H,3-6H2,(H,10,12). The first-order valence-corrected chi connectivity index (χ1v) is 5.11. The van der Waals surface area contributed by atoms with Crippen LogP contribution in [0.3, 0.4) is 0 Å². The van der Waals surface area contributed by atoms with Crippen LogP contribution in [0.15, 0.2) is 17.5 Å². The Morgan fingerprint density at radius 1 is 1.62 bits per heavy atom. The molecule has 1 aromatic rings. The summed E-state index contributed by atoms with van der Waals surface area (Å²) in [4.78, 5) is 12.2. The van der Waals surface area contributed by atoms with E-state index in [1.165, 1.54) is 4.88 Å². The van der Waals surface area contributed by atoms with Crippen LogP contribution in [0.25, 0.3) is 0 Å². The third-order valence-electron chi connectivity index (χ3n) is 1.61. The third kappa shape index (κ3) is 4.05. The van der Waals surface area contributed by atoms with E-state index in [-0.39, 0.29) is 18.9 Å². The van der Waals surface area contributed by atoms with Crippen molar-refractivity contribution in [3.63, 3.8) is 0 Å². The Morgan fingerprint density at radius 3 is 3.08 bits per heavy atom. The van der Waals surface area contributed by atoms with E-state index in [2.05, 4.69) is 5.32 Å². The second-order valence-electron chi connectivity index (χ2n) is 2.65. The van der Waals surface area contributed by atoms with Gasteiger partial charge < -0.3 is 10.4 Å². The summed E-state index contributed by atoms with van der Waals surface area (Å²) < 4.78 is 0. The molecule has 3 nitrogen and oxygen atoms in total. The van der Waals surface area contributed by atoms with Gasteiger partial charge in [0, 0.05) is 17.8 Å². The molecule has 0 spiro atoms. The number of thiophene rings is 1. The maximum Gasteiger partial charge on any atom is 0.222 e. The minimum atomic E-state index is -0.0842. The summed E-state index contributed by atoms with van der Waals surface area (Å²) in [5.41, 5.74) is 0. The summed E-state index contributed by atoms with van der Waals surface area (Å²) in [6.07, 6.45) is 1.07. The Balaban J connectivity index is 2.11. The van der Waals surface area contributed by atoms with Crippen molar-refractivity contribution in [2.24, 2.45) is 0 Å². The predicted octanol–water partition coefficient (Wildman–Crippen LogP) is 0.789. The highest BCUT2D eigenvalue weighted by Crippen LogP contribution is 2.07. The maximum atomic E-state index is 10.9.